The van der Waals surface area contributed by atoms with E-state index in [1.54, 1.807) is 6.20 Å². The molecule has 0 radical (unpaired) electrons. The van der Waals surface area contributed by atoms with E-state index in [0.29, 0.717) is 12.2 Å². The summed E-state index contributed by atoms with van der Waals surface area (Å²) in [7, 11) is 0. The summed E-state index contributed by atoms with van der Waals surface area (Å²) in [5.74, 6) is -0.0610. The van der Waals surface area contributed by atoms with E-state index >= 15 is 0 Å². The van der Waals surface area contributed by atoms with E-state index in [1.807, 2.05) is 36.7 Å². The Morgan fingerprint density at radius 2 is 2.17 bits per heavy atom. The van der Waals surface area contributed by atoms with E-state index < -0.39 is 0 Å². The van der Waals surface area contributed by atoms with Crippen molar-refractivity contribution in [3.05, 3.63) is 47.3 Å². The Kier molecular flexibility index (Phi) is 4.45. The van der Waals surface area contributed by atoms with Gasteiger partial charge in [0.1, 0.15) is 0 Å². The summed E-state index contributed by atoms with van der Waals surface area (Å²) >= 11 is 0. The molecule has 3 rings (SSSR count). The van der Waals surface area contributed by atoms with Gasteiger partial charge in [-0.2, -0.15) is 5.10 Å². The molecule has 128 valence electrons. The molecule has 0 aliphatic carbocycles. The maximum Gasteiger partial charge on any atom is 0.254 e. The molecule has 1 N–H and O–H groups in total. The number of nitrogens with one attached hydrogen (secondary N) is 1. The van der Waals surface area contributed by atoms with Crippen molar-refractivity contribution in [1.29, 1.82) is 0 Å². The molecule has 1 atom stereocenters. The van der Waals surface area contributed by atoms with Gasteiger partial charge in [-0.05, 0) is 58.2 Å². The van der Waals surface area contributed by atoms with Crippen molar-refractivity contribution < 1.29 is 9.53 Å². The smallest absolute Gasteiger partial charge is 0.254 e. The first kappa shape index (κ1) is 16.7. The minimum Gasteiger partial charge on any atom is -0.375 e. The lowest BCUT2D eigenvalue weighted by Gasteiger charge is -2.35. The molecule has 1 aliphatic rings. The van der Waals surface area contributed by atoms with Gasteiger partial charge in [0.05, 0.1) is 28.7 Å². The van der Waals surface area contributed by atoms with Gasteiger partial charge in [0.25, 0.3) is 5.91 Å². The number of aromatic nitrogens is 2. The number of ether oxygens (including phenoxy) is 1. The molecule has 0 bridgehead atoms. The summed E-state index contributed by atoms with van der Waals surface area (Å²) in [4.78, 5) is 12.7. The zero-order valence-electron chi connectivity index (χ0n) is 14.8. The van der Waals surface area contributed by atoms with Crippen LogP contribution in [0.4, 0.5) is 0 Å². The lowest BCUT2D eigenvalue weighted by atomic mass is 9.94. The summed E-state index contributed by atoms with van der Waals surface area (Å²) in [6, 6.07) is 8.24. The predicted molar refractivity (Wildman–Crippen MR) is 93.6 cm³/mol. The monoisotopic (exact) mass is 327 g/mol. The van der Waals surface area contributed by atoms with Gasteiger partial charge in [-0.1, -0.05) is 12.1 Å². The topological polar surface area (TPSA) is 56.2 Å². The minimum absolute atomic E-state index is 0.0610. The summed E-state index contributed by atoms with van der Waals surface area (Å²) in [6.07, 6.45) is 3.32. The third kappa shape index (κ3) is 3.51. The van der Waals surface area contributed by atoms with Gasteiger partial charge in [0.2, 0.25) is 0 Å². The average Bonchev–Trinajstić information content (AvgIpc) is 2.88. The molecular weight excluding hydrogens is 302 g/mol. The van der Waals surface area contributed by atoms with Crippen molar-refractivity contribution in [2.45, 2.75) is 52.2 Å². The molecule has 5 heteroatoms. The fraction of sp³-hybridized carbons (Fsp3) is 0.474. The van der Waals surface area contributed by atoms with Crippen LogP contribution in [0.15, 0.2) is 30.5 Å². The van der Waals surface area contributed by atoms with Crippen LogP contribution in [-0.4, -0.2) is 33.9 Å². The van der Waals surface area contributed by atoms with Gasteiger partial charge in [0, 0.05) is 12.6 Å². The second kappa shape index (κ2) is 6.40. The van der Waals surface area contributed by atoms with E-state index in [-0.39, 0.29) is 17.6 Å². The number of carbonyl (C=O) groups excluding carboxylic acids is 1. The molecule has 1 aromatic carbocycles. The van der Waals surface area contributed by atoms with Crippen LogP contribution in [0.25, 0.3) is 5.69 Å². The van der Waals surface area contributed by atoms with Crippen molar-refractivity contribution in [2.24, 2.45) is 0 Å². The van der Waals surface area contributed by atoms with Gasteiger partial charge < -0.3 is 10.1 Å². The molecule has 1 unspecified atom stereocenters. The standard InChI is InChI=1S/C19H25N3O2/c1-13-6-5-7-16(10-13)22-14(2)17(12-20-22)18(23)21-15-8-9-24-19(3,4)11-15/h5-7,10,12,15H,8-9,11H2,1-4H3,(H,21,23). The maximum absolute atomic E-state index is 12.7. The second-order valence-corrected chi connectivity index (χ2v) is 7.17. The Morgan fingerprint density at radius 3 is 2.88 bits per heavy atom. The van der Waals surface area contributed by atoms with Crippen LogP contribution in [0.5, 0.6) is 0 Å². The summed E-state index contributed by atoms with van der Waals surface area (Å²) in [5.41, 5.74) is 3.43. The van der Waals surface area contributed by atoms with Gasteiger partial charge in [-0.15, -0.1) is 0 Å². The fourth-order valence-electron chi connectivity index (χ4n) is 3.27. The number of hydrogen-bond acceptors (Lipinski definition) is 3. The quantitative estimate of drug-likeness (QED) is 0.942. The molecule has 1 fully saturated rings. The number of hydrogen-bond donors (Lipinski definition) is 1. The Balaban J connectivity index is 1.77. The predicted octanol–water partition coefficient (Wildman–Crippen LogP) is 3.18. The van der Waals surface area contributed by atoms with Crippen molar-refractivity contribution in [1.82, 2.24) is 15.1 Å². The van der Waals surface area contributed by atoms with Crippen molar-refractivity contribution in [2.75, 3.05) is 6.61 Å². The Morgan fingerprint density at radius 1 is 1.38 bits per heavy atom. The second-order valence-electron chi connectivity index (χ2n) is 7.17. The molecule has 2 aromatic rings. The number of benzene rings is 1. The number of amides is 1. The first-order chi connectivity index (χ1) is 11.4. The highest BCUT2D eigenvalue weighted by molar-refractivity contribution is 5.95. The molecule has 0 spiro atoms. The minimum atomic E-state index is -0.184. The van der Waals surface area contributed by atoms with Crippen molar-refractivity contribution >= 4 is 5.91 Å². The molecule has 24 heavy (non-hydrogen) atoms. The van der Waals surface area contributed by atoms with E-state index in [1.165, 1.54) is 0 Å². The van der Waals surface area contributed by atoms with Crippen LogP contribution in [0.1, 0.15) is 48.3 Å². The number of carbonyl (C=O) groups is 1. The molecule has 1 saturated heterocycles. The molecule has 2 heterocycles. The molecular formula is C19H25N3O2. The molecule has 1 aliphatic heterocycles. The van der Waals surface area contributed by atoms with E-state index in [9.17, 15) is 4.79 Å². The van der Waals surface area contributed by atoms with E-state index in [2.05, 4.69) is 30.3 Å². The van der Waals surface area contributed by atoms with Gasteiger partial charge in [0.15, 0.2) is 0 Å². The zero-order chi connectivity index (χ0) is 17.3. The van der Waals surface area contributed by atoms with Crippen LogP contribution >= 0.6 is 0 Å². The van der Waals surface area contributed by atoms with Crippen LogP contribution in [0, 0.1) is 13.8 Å². The maximum atomic E-state index is 12.7. The van der Waals surface area contributed by atoms with Crippen LogP contribution in [-0.2, 0) is 4.74 Å². The highest BCUT2D eigenvalue weighted by atomic mass is 16.5. The Hall–Kier alpha value is -2.14. The van der Waals surface area contributed by atoms with Gasteiger partial charge in [-0.25, -0.2) is 4.68 Å². The van der Waals surface area contributed by atoms with Crippen molar-refractivity contribution in [3.63, 3.8) is 0 Å². The normalized spacial score (nSPS) is 19.9. The van der Waals surface area contributed by atoms with Gasteiger partial charge in [-0.3, -0.25) is 4.79 Å². The van der Waals surface area contributed by atoms with Crippen LogP contribution in [0.3, 0.4) is 0 Å². The molecule has 1 amide bonds. The highest BCUT2D eigenvalue weighted by Crippen LogP contribution is 2.24. The summed E-state index contributed by atoms with van der Waals surface area (Å²) < 4.78 is 7.53. The van der Waals surface area contributed by atoms with Gasteiger partial charge >= 0.3 is 0 Å². The lowest BCUT2D eigenvalue weighted by molar-refractivity contribution is -0.0615. The molecule has 1 aromatic heterocycles. The van der Waals surface area contributed by atoms with Crippen LogP contribution < -0.4 is 5.32 Å². The Labute approximate surface area is 143 Å². The number of aryl methyl sites for hydroxylation is 1. The van der Waals surface area contributed by atoms with Crippen LogP contribution in [0.2, 0.25) is 0 Å². The highest BCUT2D eigenvalue weighted by Gasteiger charge is 2.30. The SMILES string of the molecule is Cc1cccc(-n2ncc(C(=O)NC3CCOC(C)(C)C3)c2C)c1. The molecule has 0 saturated carbocycles. The first-order valence-corrected chi connectivity index (χ1v) is 8.42. The first-order valence-electron chi connectivity index (χ1n) is 8.42. The third-order valence-electron chi connectivity index (χ3n) is 4.53. The zero-order valence-corrected chi connectivity index (χ0v) is 14.8. The Bertz CT molecular complexity index is 749. The van der Waals surface area contributed by atoms with Crippen molar-refractivity contribution in [3.8, 4) is 5.69 Å². The lowest BCUT2D eigenvalue weighted by Crippen LogP contribution is -2.45. The summed E-state index contributed by atoms with van der Waals surface area (Å²) in [5, 5.41) is 7.54. The van der Waals surface area contributed by atoms with E-state index in [0.717, 1.165) is 29.8 Å². The average molecular weight is 327 g/mol. The number of rotatable bonds is 3. The largest absolute Gasteiger partial charge is 0.375 e. The summed E-state index contributed by atoms with van der Waals surface area (Å²) in [6.45, 7) is 8.78. The fourth-order valence-corrected chi connectivity index (χ4v) is 3.27. The number of nitrogens with zero attached hydrogens (tertiary/aromatic N) is 2. The third-order valence-corrected chi connectivity index (χ3v) is 4.53. The van der Waals surface area contributed by atoms with E-state index in [4.69, 9.17) is 4.74 Å². The molecule has 5 nitrogen and oxygen atoms in total.